The van der Waals surface area contributed by atoms with Gasteiger partial charge in [0.2, 0.25) is 0 Å². The summed E-state index contributed by atoms with van der Waals surface area (Å²) in [6.45, 7) is 2.14. The predicted octanol–water partition coefficient (Wildman–Crippen LogP) is 3.54. The summed E-state index contributed by atoms with van der Waals surface area (Å²) in [6.07, 6.45) is -0.557. The van der Waals surface area contributed by atoms with Gasteiger partial charge in [0, 0.05) is 15.4 Å². The lowest BCUT2D eigenvalue weighted by Gasteiger charge is -2.13. The molecule has 2 rings (SSSR count). The SMILES string of the molecule is C[C@H](O)c1cc(Br)ccc1OCc1cscn1. The van der Waals surface area contributed by atoms with E-state index in [2.05, 4.69) is 20.9 Å². The van der Waals surface area contributed by atoms with Crippen molar-refractivity contribution in [1.82, 2.24) is 4.98 Å². The van der Waals surface area contributed by atoms with Crippen LogP contribution >= 0.6 is 27.3 Å². The van der Waals surface area contributed by atoms with Gasteiger partial charge in [0.25, 0.3) is 0 Å². The molecule has 0 bridgehead atoms. The molecular formula is C12H12BrNO2S. The molecule has 1 atom stereocenters. The molecule has 1 N–H and O–H groups in total. The van der Waals surface area contributed by atoms with Gasteiger partial charge in [-0.15, -0.1) is 11.3 Å². The van der Waals surface area contributed by atoms with Crippen LogP contribution in [0.4, 0.5) is 0 Å². The van der Waals surface area contributed by atoms with Crippen LogP contribution in [0, 0.1) is 0 Å². The van der Waals surface area contributed by atoms with E-state index in [0.29, 0.717) is 12.4 Å². The van der Waals surface area contributed by atoms with Crippen molar-refractivity contribution in [3.05, 3.63) is 44.8 Å². The molecule has 5 heteroatoms. The van der Waals surface area contributed by atoms with Gasteiger partial charge in [-0.2, -0.15) is 0 Å². The average molecular weight is 314 g/mol. The molecule has 1 aromatic heterocycles. The highest BCUT2D eigenvalue weighted by Gasteiger charge is 2.10. The first kappa shape index (κ1) is 12.5. The minimum absolute atomic E-state index is 0.421. The van der Waals surface area contributed by atoms with E-state index in [1.54, 1.807) is 12.4 Å². The molecule has 3 nitrogen and oxygen atoms in total. The summed E-state index contributed by atoms with van der Waals surface area (Å²) in [7, 11) is 0. The molecule has 17 heavy (non-hydrogen) atoms. The fraction of sp³-hybridized carbons (Fsp3) is 0.250. The van der Waals surface area contributed by atoms with Crippen molar-refractivity contribution >= 4 is 27.3 Å². The van der Waals surface area contributed by atoms with Crippen molar-refractivity contribution in [2.45, 2.75) is 19.6 Å². The van der Waals surface area contributed by atoms with Gasteiger partial charge in [0.1, 0.15) is 12.4 Å². The average Bonchev–Trinajstić information content (AvgIpc) is 2.80. The third-order valence-corrected chi connectivity index (χ3v) is 3.41. The van der Waals surface area contributed by atoms with Gasteiger partial charge in [-0.3, -0.25) is 0 Å². The van der Waals surface area contributed by atoms with Crippen LogP contribution in [-0.4, -0.2) is 10.1 Å². The minimum Gasteiger partial charge on any atom is -0.487 e. The molecule has 0 unspecified atom stereocenters. The van der Waals surface area contributed by atoms with Crippen molar-refractivity contribution in [2.24, 2.45) is 0 Å². The Morgan fingerprint density at radius 2 is 2.35 bits per heavy atom. The first-order chi connectivity index (χ1) is 8.16. The summed E-state index contributed by atoms with van der Waals surface area (Å²) in [5, 5.41) is 11.6. The fourth-order valence-corrected chi connectivity index (χ4v) is 2.36. The molecule has 90 valence electrons. The second-order valence-electron chi connectivity index (χ2n) is 3.63. The molecule has 0 saturated carbocycles. The second-order valence-corrected chi connectivity index (χ2v) is 5.26. The van der Waals surface area contributed by atoms with Gasteiger partial charge in [-0.1, -0.05) is 15.9 Å². The Hall–Kier alpha value is -0.910. The van der Waals surface area contributed by atoms with E-state index in [-0.39, 0.29) is 0 Å². The molecule has 0 fully saturated rings. The Morgan fingerprint density at radius 1 is 1.53 bits per heavy atom. The fourth-order valence-electron chi connectivity index (χ4n) is 1.44. The van der Waals surface area contributed by atoms with Gasteiger partial charge < -0.3 is 9.84 Å². The zero-order chi connectivity index (χ0) is 12.3. The third-order valence-electron chi connectivity index (χ3n) is 2.28. The monoisotopic (exact) mass is 313 g/mol. The number of rotatable bonds is 4. The van der Waals surface area contributed by atoms with E-state index in [1.807, 2.05) is 23.6 Å². The number of nitrogens with zero attached hydrogens (tertiary/aromatic N) is 1. The topological polar surface area (TPSA) is 42.4 Å². The summed E-state index contributed by atoms with van der Waals surface area (Å²) in [4.78, 5) is 4.15. The number of halogens is 1. The molecular weight excluding hydrogens is 302 g/mol. The molecule has 0 aliphatic carbocycles. The maximum atomic E-state index is 9.67. The molecule has 0 aliphatic rings. The Labute approximate surface area is 112 Å². The van der Waals surface area contributed by atoms with E-state index in [1.165, 1.54) is 11.3 Å². The maximum absolute atomic E-state index is 9.67. The summed E-state index contributed by atoms with van der Waals surface area (Å²) in [5.74, 6) is 0.691. The lowest BCUT2D eigenvalue weighted by atomic mass is 10.1. The zero-order valence-corrected chi connectivity index (χ0v) is 11.7. The number of ether oxygens (including phenoxy) is 1. The maximum Gasteiger partial charge on any atom is 0.131 e. The standard InChI is InChI=1S/C12H12BrNO2S/c1-8(15)11-4-9(13)2-3-12(11)16-5-10-6-17-7-14-10/h2-4,6-8,15H,5H2,1H3/t8-/m0/s1. The van der Waals surface area contributed by atoms with Crippen LogP contribution in [-0.2, 0) is 6.61 Å². The highest BCUT2D eigenvalue weighted by Crippen LogP contribution is 2.29. The Morgan fingerprint density at radius 3 is 3.00 bits per heavy atom. The third kappa shape index (κ3) is 3.28. The van der Waals surface area contributed by atoms with Crippen LogP contribution in [0.5, 0.6) is 5.75 Å². The van der Waals surface area contributed by atoms with E-state index in [4.69, 9.17) is 4.74 Å². The van der Waals surface area contributed by atoms with Gasteiger partial charge in [0.15, 0.2) is 0 Å². The van der Waals surface area contributed by atoms with Crippen LogP contribution in [0.2, 0.25) is 0 Å². The number of aromatic nitrogens is 1. The van der Waals surface area contributed by atoms with E-state index in [9.17, 15) is 5.11 Å². The summed E-state index contributed by atoms with van der Waals surface area (Å²) in [5.41, 5.74) is 3.44. The minimum atomic E-state index is -0.557. The lowest BCUT2D eigenvalue weighted by Crippen LogP contribution is -2.01. The Kier molecular flexibility index (Phi) is 4.15. The van der Waals surface area contributed by atoms with Crippen molar-refractivity contribution in [3.8, 4) is 5.75 Å². The molecule has 0 saturated heterocycles. The number of thiazole rings is 1. The molecule has 0 aliphatic heterocycles. The summed E-state index contributed by atoms with van der Waals surface area (Å²) >= 11 is 4.92. The highest BCUT2D eigenvalue weighted by atomic mass is 79.9. The largest absolute Gasteiger partial charge is 0.487 e. The highest BCUT2D eigenvalue weighted by molar-refractivity contribution is 9.10. The van der Waals surface area contributed by atoms with Crippen molar-refractivity contribution in [3.63, 3.8) is 0 Å². The Balaban J connectivity index is 2.14. The van der Waals surface area contributed by atoms with Gasteiger partial charge in [-0.05, 0) is 25.1 Å². The van der Waals surface area contributed by atoms with E-state index >= 15 is 0 Å². The predicted molar refractivity (Wildman–Crippen MR) is 71.2 cm³/mol. The summed E-state index contributed by atoms with van der Waals surface area (Å²) in [6, 6.07) is 5.60. The van der Waals surface area contributed by atoms with Crippen LogP contribution in [0.15, 0.2) is 33.6 Å². The van der Waals surface area contributed by atoms with Gasteiger partial charge in [0.05, 0.1) is 17.3 Å². The molecule has 1 aromatic carbocycles. The molecule has 0 spiro atoms. The number of benzene rings is 1. The van der Waals surface area contributed by atoms with Crippen LogP contribution < -0.4 is 4.74 Å². The van der Waals surface area contributed by atoms with Crippen LogP contribution in [0.3, 0.4) is 0 Å². The Bertz CT molecular complexity index is 485. The quantitative estimate of drug-likeness (QED) is 0.938. The molecule has 0 radical (unpaired) electrons. The van der Waals surface area contributed by atoms with Crippen LogP contribution in [0.1, 0.15) is 24.3 Å². The van der Waals surface area contributed by atoms with Crippen molar-refractivity contribution < 1.29 is 9.84 Å². The van der Waals surface area contributed by atoms with E-state index < -0.39 is 6.10 Å². The van der Waals surface area contributed by atoms with Gasteiger partial charge >= 0.3 is 0 Å². The molecule has 0 amide bonds. The van der Waals surface area contributed by atoms with Crippen LogP contribution in [0.25, 0.3) is 0 Å². The smallest absolute Gasteiger partial charge is 0.131 e. The van der Waals surface area contributed by atoms with Crippen molar-refractivity contribution in [2.75, 3.05) is 0 Å². The molecule has 1 heterocycles. The first-order valence-electron chi connectivity index (χ1n) is 5.14. The van der Waals surface area contributed by atoms with E-state index in [0.717, 1.165) is 15.7 Å². The zero-order valence-electron chi connectivity index (χ0n) is 9.26. The normalized spacial score (nSPS) is 12.4. The molecule has 2 aromatic rings. The lowest BCUT2D eigenvalue weighted by molar-refractivity contribution is 0.190. The number of hydrogen-bond acceptors (Lipinski definition) is 4. The van der Waals surface area contributed by atoms with Gasteiger partial charge in [-0.25, -0.2) is 4.98 Å². The number of aliphatic hydroxyl groups is 1. The number of hydrogen-bond donors (Lipinski definition) is 1. The van der Waals surface area contributed by atoms with Crippen molar-refractivity contribution in [1.29, 1.82) is 0 Å². The second kappa shape index (κ2) is 5.62. The summed E-state index contributed by atoms with van der Waals surface area (Å²) < 4.78 is 6.59. The number of aliphatic hydroxyl groups excluding tert-OH is 1. The first-order valence-corrected chi connectivity index (χ1v) is 6.88.